The highest BCUT2D eigenvalue weighted by Crippen LogP contribution is 2.31. The number of pyridine rings is 1. The van der Waals surface area contributed by atoms with Gasteiger partial charge in [-0.2, -0.15) is 0 Å². The molecule has 0 radical (unpaired) electrons. The molecule has 0 unspecified atom stereocenters. The summed E-state index contributed by atoms with van der Waals surface area (Å²) in [7, 11) is 4.87. The summed E-state index contributed by atoms with van der Waals surface area (Å²) in [5.41, 5.74) is 3.86. The zero-order valence-electron chi connectivity index (χ0n) is 19.4. The number of aromatic nitrogens is 1. The average molecular weight is 461 g/mol. The number of nitrogens with one attached hydrogen (secondary N) is 1. The van der Waals surface area contributed by atoms with Crippen molar-refractivity contribution >= 4 is 28.6 Å². The van der Waals surface area contributed by atoms with Crippen LogP contribution in [0.25, 0.3) is 0 Å². The molecule has 32 heavy (non-hydrogen) atoms. The summed E-state index contributed by atoms with van der Waals surface area (Å²) in [6, 6.07) is 7.85. The van der Waals surface area contributed by atoms with Crippen molar-refractivity contribution < 1.29 is 19.0 Å². The van der Waals surface area contributed by atoms with Crippen LogP contribution in [-0.2, 0) is 6.42 Å². The highest BCUT2D eigenvalue weighted by Gasteiger charge is 2.23. The minimum Gasteiger partial charge on any atom is -0.497 e. The summed E-state index contributed by atoms with van der Waals surface area (Å²) in [5.74, 6) is 2.00. The Morgan fingerprint density at radius 3 is 2.25 bits per heavy atom. The molecule has 2 aromatic rings. The van der Waals surface area contributed by atoms with Crippen molar-refractivity contribution in [1.29, 1.82) is 0 Å². The van der Waals surface area contributed by atoms with E-state index in [0.29, 0.717) is 19.0 Å². The van der Waals surface area contributed by atoms with Gasteiger partial charge in [0.1, 0.15) is 17.2 Å². The summed E-state index contributed by atoms with van der Waals surface area (Å²) < 4.78 is 19.3. The third kappa shape index (κ3) is 5.70. The lowest BCUT2D eigenvalue weighted by molar-refractivity contribution is 0.219. The smallest absolute Gasteiger partial charge is 0.302 e. The Morgan fingerprint density at radius 2 is 1.69 bits per heavy atom. The number of carbonyl (C=O) groups is 1. The maximum atomic E-state index is 12.8. The van der Waals surface area contributed by atoms with Gasteiger partial charge in [-0.05, 0) is 25.0 Å². The fourth-order valence-electron chi connectivity index (χ4n) is 3.66. The second-order valence-corrected chi connectivity index (χ2v) is 8.31. The predicted molar refractivity (Wildman–Crippen MR) is 129 cm³/mol. The SMILES string of the molecule is CCCc1cc(NSC(=O)N2CCN(c3cc(OC)cc(OC)c3)CC2)c(OC)nc1C. The number of carbonyl (C=O) groups excluding carboxylic acids is 1. The number of ether oxygens (including phenoxy) is 3. The van der Waals surface area contributed by atoms with Crippen LogP contribution < -0.4 is 23.8 Å². The molecule has 1 N–H and O–H groups in total. The van der Waals surface area contributed by atoms with Gasteiger partial charge in [0.2, 0.25) is 5.88 Å². The molecule has 0 spiro atoms. The number of amides is 1. The first kappa shape index (κ1) is 23.8. The Labute approximate surface area is 194 Å². The average Bonchev–Trinajstić information content (AvgIpc) is 2.83. The normalized spacial score (nSPS) is 13.7. The molecule has 1 amide bonds. The predicted octanol–water partition coefficient (Wildman–Crippen LogP) is 4.37. The first-order valence-electron chi connectivity index (χ1n) is 10.7. The van der Waals surface area contributed by atoms with E-state index in [4.69, 9.17) is 14.2 Å². The van der Waals surface area contributed by atoms with Crippen LogP contribution in [0.3, 0.4) is 0 Å². The van der Waals surface area contributed by atoms with E-state index < -0.39 is 0 Å². The molecule has 1 aliphatic rings. The molecule has 1 fully saturated rings. The number of methoxy groups -OCH3 is 3. The van der Waals surface area contributed by atoms with Crippen LogP contribution >= 0.6 is 11.9 Å². The Balaban J connectivity index is 1.59. The monoisotopic (exact) mass is 460 g/mol. The molecule has 8 nitrogen and oxygen atoms in total. The van der Waals surface area contributed by atoms with E-state index in [1.54, 1.807) is 21.3 Å². The number of nitrogens with zero attached hydrogens (tertiary/aromatic N) is 3. The van der Waals surface area contributed by atoms with Gasteiger partial charge in [0.05, 0.1) is 21.3 Å². The highest BCUT2D eigenvalue weighted by molar-refractivity contribution is 8.14. The topological polar surface area (TPSA) is 76.2 Å². The van der Waals surface area contributed by atoms with Crippen molar-refractivity contribution in [3.63, 3.8) is 0 Å². The van der Waals surface area contributed by atoms with Crippen molar-refractivity contribution in [2.45, 2.75) is 26.7 Å². The number of benzene rings is 1. The standard InChI is InChI=1S/C23H32N4O4S/c1-6-7-17-12-21(22(31-5)24-16(17)2)25-32-23(28)27-10-8-26(9-11-27)18-13-19(29-3)15-20(14-18)30-4/h12-15,25H,6-11H2,1-5H3. The number of hydrogen-bond donors (Lipinski definition) is 1. The van der Waals surface area contributed by atoms with Gasteiger partial charge in [-0.3, -0.25) is 4.79 Å². The molecule has 1 aromatic carbocycles. The Hall–Kier alpha value is -2.81. The summed E-state index contributed by atoms with van der Waals surface area (Å²) in [6.45, 7) is 6.86. The zero-order valence-corrected chi connectivity index (χ0v) is 20.3. The number of aryl methyl sites for hydroxylation is 2. The Kier molecular flexibility index (Phi) is 8.33. The number of anilines is 2. The van der Waals surface area contributed by atoms with Crippen molar-refractivity contribution in [3.8, 4) is 17.4 Å². The van der Waals surface area contributed by atoms with Crippen LogP contribution in [0.5, 0.6) is 17.4 Å². The molecular weight excluding hydrogens is 428 g/mol. The molecule has 0 saturated carbocycles. The zero-order chi connectivity index (χ0) is 23.1. The molecule has 0 atom stereocenters. The van der Waals surface area contributed by atoms with Crippen molar-refractivity contribution in [2.75, 3.05) is 57.1 Å². The third-order valence-corrected chi connectivity index (χ3v) is 6.24. The van der Waals surface area contributed by atoms with E-state index in [0.717, 1.165) is 72.0 Å². The van der Waals surface area contributed by atoms with Crippen molar-refractivity contribution in [3.05, 3.63) is 35.5 Å². The van der Waals surface area contributed by atoms with E-state index in [9.17, 15) is 4.79 Å². The molecule has 1 aliphatic heterocycles. The van der Waals surface area contributed by atoms with Gasteiger partial charge in [0.15, 0.2) is 0 Å². The van der Waals surface area contributed by atoms with Crippen LogP contribution in [0.15, 0.2) is 24.3 Å². The second kappa shape index (κ2) is 11.2. The fourth-order valence-corrected chi connectivity index (χ4v) is 4.32. The molecule has 2 heterocycles. The maximum Gasteiger partial charge on any atom is 0.302 e. The third-order valence-electron chi connectivity index (χ3n) is 5.48. The van der Waals surface area contributed by atoms with E-state index in [1.165, 1.54) is 0 Å². The summed E-state index contributed by atoms with van der Waals surface area (Å²) in [6.07, 6.45) is 1.97. The Morgan fingerprint density at radius 1 is 1.03 bits per heavy atom. The van der Waals surface area contributed by atoms with Crippen LogP contribution in [0.4, 0.5) is 16.2 Å². The van der Waals surface area contributed by atoms with Gasteiger partial charge in [-0.25, -0.2) is 4.98 Å². The minimum atomic E-state index is -0.0208. The van der Waals surface area contributed by atoms with Gasteiger partial charge in [-0.15, -0.1) is 0 Å². The largest absolute Gasteiger partial charge is 0.497 e. The van der Waals surface area contributed by atoms with Crippen LogP contribution in [0.2, 0.25) is 0 Å². The van der Waals surface area contributed by atoms with E-state index in [2.05, 4.69) is 21.5 Å². The van der Waals surface area contributed by atoms with Gasteiger partial charge in [0.25, 0.3) is 0 Å². The Bertz CT molecular complexity index is 910. The lowest BCUT2D eigenvalue weighted by Gasteiger charge is -2.36. The van der Waals surface area contributed by atoms with Crippen molar-refractivity contribution in [2.24, 2.45) is 0 Å². The number of hydrogen-bond acceptors (Lipinski definition) is 8. The molecule has 174 valence electrons. The molecule has 1 saturated heterocycles. The lowest BCUT2D eigenvalue weighted by atomic mass is 10.1. The van der Waals surface area contributed by atoms with Gasteiger partial charge in [0, 0.05) is 67.7 Å². The van der Waals surface area contributed by atoms with Crippen molar-refractivity contribution in [1.82, 2.24) is 9.88 Å². The quantitative estimate of drug-likeness (QED) is 0.582. The number of rotatable bonds is 8. The minimum absolute atomic E-state index is 0.0208. The summed E-state index contributed by atoms with van der Waals surface area (Å²) >= 11 is 1.07. The number of piperazine rings is 1. The molecule has 1 aromatic heterocycles. The van der Waals surface area contributed by atoms with Gasteiger partial charge in [-0.1, -0.05) is 13.3 Å². The summed E-state index contributed by atoms with van der Waals surface area (Å²) in [5, 5.41) is -0.0208. The van der Waals surface area contributed by atoms with Crippen LogP contribution in [0.1, 0.15) is 24.6 Å². The fraction of sp³-hybridized carbons (Fsp3) is 0.478. The summed E-state index contributed by atoms with van der Waals surface area (Å²) in [4.78, 5) is 21.4. The maximum absolute atomic E-state index is 12.8. The first-order chi connectivity index (χ1) is 15.5. The van der Waals surface area contributed by atoms with Gasteiger partial charge < -0.3 is 28.7 Å². The van der Waals surface area contributed by atoms with E-state index in [1.807, 2.05) is 36.1 Å². The molecule has 0 bridgehead atoms. The van der Waals surface area contributed by atoms with E-state index >= 15 is 0 Å². The molecule has 9 heteroatoms. The lowest BCUT2D eigenvalue weighted by Crippen LogP contribution is -2.47. The molecule has 3 rings (SSSR count). The first-order valence-corrected chi connectivity index (χ1v) is 11.5. The van der Waals surface area contributed by atoms with E-state index in [-0.39, 0.29) is 5.24 Å². The highest BCUT2D eigenvalue weighted by atomic mass is 32.2. The van der Waals surface area contributed by atoms with Crippen LogP contribution in [0, 0.1) is 6.92 Å². The molecule has 0 aliphatic carbocycles. The second-order valence-electron chi connectivity index (χ2n) is 7.55. The van der Waals surface area contributed by atoms with Crippen LogP contribution in [-0.4, -0.2) is 62.6 Å². The molecular formula is C23H32N4O4S. The van der Waals surface area contributed by atoms with Gasteiger partial charge >= 0.3 is 5.24 Å².